The van der Waals surface area contributed by atoms with Gasteiger partial charge in [-0.15, -0.1) is 0 Å². The molecule has 1 aliphatic heterocycles. The van der Waals surface area contributed by atoms with Crippen LogP contribution in [0, 0.1) is 0 Å². The van der Waals surface area contributed by atoms with Crippen molar-refractivity contribution in [3.8, 4) is 0 Å². The molecule has 0 bridgehead atoms. The largest absolute Gasteiger partial charge is 0.339 e. The van der Waals surface area contributed by atoms with E-state index in [0.29, 0.717) is 12.2 Å². The number of fused-ring (bicyclic) bond motifs is 1. The lowest BCUT2D eigenvalue weighted by Gasteiger charge is -2.33. The van der Waals surface area contributed by atoms with Gasteiger partial charge in [0.1, 0.15) is 0 Å². The second kappa shape index (κ2) is 5.67. The first kappa shape index (κ1) is 15.3. The van der Waals surface area contributed by atoms with Crippen molar-refractivity contribution < 1.29 is 8.42 Å². The second-order valence-corrected chi connectivity index (χ2v) is 7.83. The Balaban J connectivity index is 1.75. The summed E-state index contributed by atoms with van der Waals surface area (Å²) in [5, 5.41) is 4.22. The first-order valence-electron chi connectivity index (χ1n) is 7.86. The number of aromatic nitrogens is 5. The summed E-state index contributed by atoms with van der Waals surface area (Å²) in [6, 6.07) is 3.38. The van der Waals surface area contributed by atoms with E-state index in [1.165, 1.54) is 16.8 Å². The van der Waals surface area contributed by atoms with Crippen LogP contribution in [0.2, 0.25) is 0 Å². The first-order chi connectivity index (χ1) is 11.6. The molecule has 126 valence electrons. The summed E-state index contributed by atoms with van der Waals surface area (Å²) in [4.78, 5) is 8.62. The predicted octanol–water partition coefficient (Wildman–Crippen LogP) is 1.38. The molecule has 8 nitrogen and oxygen atoms in total. The number of nitrogens with zero attached hydrogens (tertiary/aromatic N) is 6. The van der Waals surface area contributed by atoms with Gasteiger partial charge in [0.2, 0.25) is 0 Å². The molecule has 0 saturated carbocycles. The molecule has 0 aliphatic carbocycles. The van der Waals surface area contributed by atoms with Gasteiger partial charge in [0, 0.05) is 32.1 Å². The van der Waals surface area contributed by atoms with Crippen molar-refractivity contribution in [1.29, 1.82) is 0 Å². The Labute approximate surface area is 139 Å². The average Bonchev–Trinajstić information content (AvgIpc) is 3.23. The normalized spacial score (nSPS) is 19.8. The summed E-state index contributed by atoms with van der Waals surface area (Å²) in [7, 11) is -1.88. The van der Waals surface area contributed by atoms with Gasteiger partial charge in [-0.05, 0) is 18.9 Å². The monoisotopic (exact) mass is 346 g/mol. The van der Waals surface area contributed by atoms with E-state index in [-0.39, 0.29) is 11.1 Å². The molecule has 1 atom stereocenters. The molecule has 3 aromatic rings. The molecule has 24 heavy (non-hydrogen) atoms. The fraction of sp³-hybridized carbons (Fsp3) is 0.400. The molecule has 0 N–H and O–H groups in total. The maximum Gasteiger partial charge on any atom is 0.262 e. The van der Waals surface area contributed by atoms with Crippen molar-refractivity contribution >= 4 is 15.7 Å². The van der Waals surface area contributed by atoms with E-state index < -0.39 is 10.0 Å². The van der Waals surface area contributed by atoms with E-state index in [9.17, 15) is 8.42 Å². The van der Waals surface area contributed by atoms with Crippen molar-refractivity contribution in [2.45, 2.75) is 30.3 Å². The summed E-state index contributed by atoms with van der Waals surface area (Å²) in [5.74, 6) is 0. The highest BCUT2D eigenvalue weighted by Crippen LogP contribution is 2.34. The summed E-state index contributed by atoms with van der Waals surface area (Å²) in [6.45, 7) is 0.482. The molecule has 1 fully saturated rings. The highest BCUT2D eigenvalue weighted by Gasteiger charge is 2.36. The third kappa shape index (κ3) is 2.49. The predicted molar refractivity (Wildman–Crippen MR) is 86.7 cm³/mol. The van der Waals surface area contributed by atoms with Crippen LogP contribution in [-0.4, -0.2) is 43.4 Å². The number of piperidine rings is 1. The lowest BCUT2D eigenvalue weighted by molar-refractivity contribution is 0.251. The summed E-state index contributed by atoms with van der Waals surface area (Å²) in [5.41, 5.74) is 1.47. The maximum atomic E-state index is 13.0. The van der Waals surface area contributed by atoms with Crippen LogP contribution >= 0.6 is 0 Å². The Kier molecular flexibility index (Phi) is 3.61. The van der Waals surface area contributed by atoms with Crippen LogP contribution in [-0.2, 0) is 17.1 Å². The van der Waals surface area contributed by atoms with Crippen LogP contribution in [0.5, 0.6) is 0 Å². The van der Waals surface area contributed by atoms with Gasteiger partial charge >= 0.3 is 0 Å². The van der Waals surface area contributed by atoms with Crippen LogP contribution in [0.1, 0.15) is 31.0 Å². The van der Waals surface area contributed by atoms with Gasteiger partial charge in [0.25, 0.3) is 10.0 Å². The van der Waals surface area contributed by atoms with Crippen molar-refractivity contribution in [3.05, 3.63) is 42.7 Å². The van der Waals surface area contributed by atoms with Crippen molar-refractivity contribution in [3.63, 3.8) is 0 Å². The maximum absolute atomic E-state index is 13.0. The minimum Gasteiger partial charge on any atom is -0.339 e. The molecule has 4 rings (SSSR count). The minimum atomic E-state index is -3.64. The SMILES string of the molecule is Cn1cnc(S(=O)(=O)N2CCCCC2c2ccn3nccc3n2)c1. The Morgan fingerprint density at radius 1 is 1.25 bits per heavy atom. The molecule has 1 unspecified atom stereocenters. The molecular formula is C15H18N6O2S. The zero-order valence-corrected chi connectivity index (χ0v) is 14.1. The topological polar surface area (TPSA) is 85.4 Å². The van der Waals surface area contributed by atoms with Gasteiger partial charge in [-0.25, -0.2) is 22.9 Å². The van der Waals surface area contributed by atoms with Crippen molar-refractivity contribution in [2.24, 2.45) is 7.05 Å². The summed E-state index contributed by atoms with van der Waals surface area (Å²) in [6.07, 6.45) is 9.11. The van der Waals surface area contributed by atoms with Gasteiger partial charge in [-0.3, -0.25) is 0 Å². The number of aryl methyl sites for hydroxylation is 1. The molecule has 0 amide bonds. The molecule has 0 aromatic carbocycles. The van der Waals surface area contributed by atoms with Crippen molar-refractivity contribution in [2.75, 3.05) is 6.54 Å². The Hall–Kier alpha value is -2.26. The zero-order chi connectivity index (χ0) is 16.7. The number of rotatable bonds is 3. The Bertz CT molecular complexity index is 977. The zero-order valence-electron chi connectivity index (χ0n) is 13.3. The number of imidazole rings is 1. The van der Waals surface area contributed by atoms with E-state index in [2.05, 4.69) is 15.1 Å². The lowest BCUT2D eigenvalue weighted by atomic mass is 10.0. The van der Waals surface area contributed by atoms with E-state index in [4.69, 9.17) is 0 Å². The van der Waals surface area contributed by atoms with E-state index in [1.807, 2.05) is 18.3 Å². The molecule has 3 aromatic heterocycles. The average molecular weight is 346 g/mol. The van der Waals surface area contributed by atoms with Gasteiger partial charge in [-0.2, -0.15) is 9.40 Å². The molecule has 1 saturated heterocycles. The number of hydrogen-bond acceptors (Lipinski definition) is 5. The van der Waals surface area contributed by atoms with Gasteiger partial charge < -0.3 is 4.57 Å². The minimum absolute atomic E-state index is 0.0855. The van der Waals surface area contributed by atoms with Crippen LogP contribution in [0.25, 0.3) is 5.65 Å². The van der Waals surface area contributed by atoms with Crippen LogP contribution in [0.15, 0.2) is 42.1 Å². The molecule has 4 heterocycles. The Morgan fingerprint density at radius 2 is 2.12 bits per heavy atom. The van der Waals surface area contributed by atoms with Crippen LogP contribution < -0.4 is 0 Å². The standard InChI is InChI=1S/C15H18N6O2S/c1-19-10-15(16-11-19)24(22,23)21-8-3-2-4-13(21)12-6-9-20-14(18-12)5-7-17-20/h5-7,9-11,13H,2-4,8H2,1H3. The molecule has 1 aliphatic rings. The molecule has 9 heteroatoms. The van der Waals surface area contributed by atoms with Gasteiger partial charge in [0.05, 0.1) is 24.3 Å². The first-order valence-corrected chi connectivity index (χ1v) is 9.30. The van der Waals surface area contributed by atoms with Crippen LogP contribution in [0.4, 0.5) is 0 Å². The van der Waals surface area contributed by atoms with Crippen LogP contribution in [0.3, 0.4) is 0 Å². The highest BCUT2D eigenvalue weighted by atomic mass is 32.2. The Morgan fingerprint density at radius 3 is 2.92 bits per heavy atom. The smallest absolute Gasteiger partial charge is 0.262 e. The fourth-order valence-corrected chi connectivity index (χ4v) is 4.78. The molecule has 0 spiro atoms. The third-order valence-corrected chi connectivity index (χ3v) is 6.12. The lowest BCUT2D eigenvalue weighted by Crippen LogP contribution is -2.39. The molecular weight excluding hydrogens is 328 g/mol. The van der Waals surface area contributed by atoms with E-state index in [1.54, 1.807) is 22.3 Å². The highest BCUT2D eigenvalue weighted by molar-refractivity contribution is 7.89. The number of hydrogen-bond donors (Lipinski definition) is 0. The van der Waals surface area contributed by atoms with E-state index in [0.717, 1.165) is 25.0 Å². The fourth-order valence-electron chi connectivity index (χ4n) is 3.14. The third-order valence-electron chi connectivity index (χ3n) is 4.33. The molecule has 0 radical (unpaired) electrons. The number of sulfonamides is 1. The van der Waals surface area contributed by atoms with Gasteiger partial charge in [0.15, 0.2) is 10.7 Å². The summed E-state index contributed by atoms with van der Waals surface area (Å²) >= 11 is 0. The quantitative estimate of drug-likeness (QED) is 0.715. The van der Waals surface area contributed by atoms with Gasteiger partial charge in [-0.1, -0.05) is 6.42 Å². The second-order valence-electron chi connectivity index (χ2n) is 5.99. The van der Waals surface area contributed by atoms with E-state index >= 15 is 0 Å². The summed E-state index contributed by atoms with van der Waals surface area (Å²) < 4.78 is 30.9. The van der Waals surface area contributed by atoms with Crippen molar-refractivity contribution in [1.82, 2.24) is 28.5 Å².